The van der Waals surface area contributed by atoms with Gasteiger partial charge in [-0.3, -0.25) is 4.98 Å². The van der Waals surface area contributed by atoms with Gasteiger partial charge in [-0.2, -0.15) is 10.5 Å². The molecule has 12 rings (SSSR count). The van der Waals surface area contributed by atoms with E-state index in [2.05, 4.69) is 142 Å². The van der Waals surface area contributed by atoms with Gasteiger partial charge in [-0.1, -0.05) is 146 Å². The lowest BCUT2D eigenvalue weighted by Crippen LogP contribution is -2.05. The summed E-state index contributed by atoms with van der Waals surface area (Å²) in [4.78, 5) is 19.8. The molecule has 3 heterocycles. The van der Waals surface area contributed by atoms with E-state index in [1.54, 1.807) is 0 Å². The molecule has 12 aromatic rings. The number of aromatic nitrogens is 3. The van der Waals surface area contributed by atoms with Gasteiger partial charge < -0.3 is 9.13 Å². The second-order valence-corrected chi connectivity index (χ2v) is 17.3. The first-order chi connectivity index (χ1) is 35.6. The SMILES string of the molecule is C=N/C(=N\C(=N/c1ccc(-n2c3ccccc3c3cc(-c4ccccc4C#N)ccc32)cc1-c1cnccc1-n1c2ccccc2c2cc(-c3ccccc3C#N)ccc21)c1ccccc1)c1ccccc1. The van der Waals surface area contributed by atoms with Gasteiger partial charge in [0.1, 0.15) is 0 Å². The van der Waals surface area contributed by atoms with Crippen LogP contribution < -0.4 is 0 Å². The van der Waals surface area contributed by atoms with Gasteiger partial charge in [-0.15, -0.1) is 0 Å². The average Bonchev–Trinajstić information content (AvgIpc) is 3.96. The average molecular weight is 921 g/mol. The van der Waals surface area contributed by atoms with Crippen molar-refractivity contribution < 1.29 is 0 Å². The fourth-order valence-electron chi connectivity index (χ4n) is 9.98. The fourth-order valence-corrected chi connectivity index (χ4v) is 9.98. The maximum absolute atomic E-state index is 10.1. The third-order valence-corrected chi connectivity index (χ3v) is 13.3. The Hall–Kier alpha value is -10.3. The molecule has 0 spiro atoms. The number of rotatable bonds is 8. The highest BCUT2D eigenvalue weighted by atomic mass is 15.0. The van der Waals surface area contributed by atoms with E-state index >= 15 is 0 Å². The van der Waals surface area contributed by atoms with Crippen molar-refractivity contribution in [3.8, 4) is 56.9 Å². The highest BCUT2D eigenvalue weighted by molar-refractivity contribution is 6.15. The minimum Gasteiger partial charge on any atom is -0.309 e. The van der Waals surface area contributed by atoms with E-state index < -0.39 is 0 Å². The van der Waals surface area contributed by atoms with Crippen LogP contribution >= 0.6 is 0 Å². The Morgan fingerprint density at radius 3 is 1.56 bits per heavy atom. The van der Waals surface area contributed by atoms with Gasteiger partial charge in [-0.25, -0.2) is 15.0 Å². The van der Waals surface area contributed by atoms with E-state index in [-0.39, 0.29) is 0 Å². The van der Waals surface area contributed by atoms with E-state index in [1.807, 2.05) is 122 Å². The summed E-state index contributed by atoms with van der Waals surface area (Å²) in [5.74, 6) is 0.910. The zero-order valence-electron chi connectivity index (χ0n) is 38.7. The second kappa shape index (κ2) is 18.3. The number of benzene rings is 9. The monoisotopic (exact) mass is 920 g/mol. The number of nitrogens with zero attached hydrogens (tertiary/aromatic N) is 8. The maximum atomic E-state index is 10.1. The van der Waals surface area contributed by atoms with Gasteiger partial charge in [0.2, 0.25) is 0 Å². The molecule has 0 radical (unpaired) electrons. The molecule has 0 N–H and O–H groups in total. The smallest absolute Gasteiger partial charge is 0.162 e. The van der Waals surface area contributed by atoms with Crippen molar-refractivity contribution in [1.82, 2.24) is 14.1 Å². The van der Waals surface area contributed by atoms with Crippen LogP contribution in [0.4, 0.5) is 5.69 Å². The van der Waals surface area contributed by atoms with Crippen molar-refractivity contribution in [2.75, 3.05) is 0 Å². The number of hydrogen-bond acceptors (Lipinski definition) is 4. The summed E-state index contributed by atoms with van der Waals surface area (Å²) in [6.07, 6.45) is 3.75. The number of fused-ring (bicyclic) bond motifs is 6. The summed E-state index contributed by atoms with van der Waals surface area (Å²) in [6, 6.07) is 78.1. The standard InChI is InChI=1S/C64H40N8/c1-67-63(42-16-4-2-5-17-42)70-64(43-18-6-3-7-19-43)69-57-31-30-48(71-58-26-14-12-24-51(58)54-36-44(28-32-60(54)71)49-22-10-8-20-46(49)39-65)38-53(57)56-41-68-35-34-62(56)72-59-27-15-13-25-52(59)55-37-45(29-33-61(55)72)50-23-11-9-21-47(50)40-66/h2-38,41H,1H2/b69-64-,70-63-. The Balaban J connectivity index is 1.13. The molecule has 0 aliphatic rings. The van der Waals surface area contributed by atoms with E-state index in [4.69, 9.17) is 15.0 Å². The first-order valence-electron chi connectivity index (χ1n) is 23.5. The molecule has 0 aliphatic carbocycles. The predicted molar refractivity (Wildman–Crippen MR) is 294 cm³/mol. The lowest BCUT2D eigenvalue weighted by atomic mass is 9.98. The van der Waals surface area contributed by atoms with Crippen LogP contribution in [-0.2, 0) is 0 Å². The Bertz CT molecular complexity index is 4260. The lowest BCUT2D eigenvalue weighted by molar-refractivity contribution is 1.15. The van der Waals surface area contributed by atoms with Crippen LogP contribution in [0.15, 0.2) is 246 Å². The molecule has 0 unspecified atom stereocenters. The van der Waals surface area contributed by atoms with Crippen LogP contribution in [0.1, 0.15) is 22.3 Å². The Kier molecular flexibility index (Phi) is 10.9. The molecule has 9 aromatic carbocycles. The number of hydrogen-bond donors (Lipinski definition) is 0. The summed E-state index contributed by atoms with van der Waals surface area (Å²) >= 11 is 0. The van der Waals surface area contributed by atoms with Crippen molar-refractivity contribution in [3.05, 3.63) is 253 Å². The predicted octanol–water partition coefficient (Wildman–Crippen LogP) is 15.2. The molecule has 8 nitrogen and oxygen atoms in total. The minimum absolute atomic E-state index is 0.447. The molecule has 0 bridgehead atoms. The van der Waals surface area contributed by atoms with Crippen LogP contribution in [0, 0.1) is 22.7 Å². The van der Waals surface area contributed by atoms with Crippen LogP contribution in [0.3, 0.4) is 0 Å². The first-order valence-corrected chi connectivity index (χ1v) is 23.5. The molecule has 0 amide bonds. The van der Waals surface area contributed by atoms with Crippen LogP contribution in [0.25, 0.3) is 88.4 Å². The molecule has 0 saturated heterocycles. The number of nitriles is 2. The van der Waals surface area contributed by atoms with Crippen molar-refractivity contribution in [2.24, 2.45) is 15.0 Å². The van der Waals surface area contributed by atoms with Crippen molar-refractivity contribution in [2.45, 2.75) is 0 Å². The van der Waals surface area contributed by atoms with Crippen LogP contribution in [-0.4, -0.2) is 32.5 Å². The van der Waals surface area contributed by atoms with Gasteiger partial charge in [0.15, 0.2) is 11.7 Å². The van der Waals surface area contributed by atoms with Gasteiger partial charge in [0, 0.05) is 61.9 Å². The second-order valence-electron chi connectivity index (χ2n) is 17.3. The molecular weight excluding hydrogens is 881 g/mol. The summed E-state index contributed by atoms with van der Waals surface area (Å²) in [5.41, 5.74) is 14.8. The summed E-state index contributed by atoms with van der Waals surface area (Å²) in [6.45, 7) is 3.92. The van der Waals surface area contributed by atoms with E-state index in [9.17, 15) is 10.5 Å². The zero-order chi connectivity index (χ0) is 48.5. The maximum Gasteiger partial charge on any atom is 0.162 e. The van der Waals surface area contributed by atoms with Gasteiger partial charge in [0.25, 0.3) is 0 Å². The number of pyridine rings is 1. The highest BCUT2D eigenvalue weighted by Crippen LogP contribution is 2.43. The molecule has 336 valence electrons. The molecule has 0 fully saturated rings. The Morgan fingerprint density at radius 1 is 0.444 bits per heavy atom. The van der Waals surface area contributed by atoms with E-state index in [0.717, 1.165) is 99.5 Å². The van der Waals surface area contributed by atoms with Crippen molar-refractivity contribution >= 4 is 67.7 Å². The minimum atomic E-state index is 0.447. The van der Waals surface area contributed by atoms with Gasteiger partial charge in [0.05, 0.1) is 56.7 Å². The Morgan fingerprint density at radius 2 is 0.958 bits per heavy atom. The van der Waals surface area contributed by atoms with Crippen LogP contribution in [0.2, 0.25) is 0 Å². The van der Waals surface area contributed by atoms with Gasteiger partial charge >= 0.3 is 0 Å². The third kappa shape index (κ3) is 7.50. The van der Waals surface area contributed by atoms with Crippen molar-refractivity contribution in [3.63, 3.8) is 0 Å². The number of amidine groups is 2. The van der Waals surface area contributed by atoms with E-state index in [0.29, 0.717) is 28.5 Å². The van der Waals surface area contributed by atoms with Crippen LogP contribution in [0.5, 0.6) is 0 Å². The fraction of sp³-hybridized carbons (Fsp3) is 0. The Labute approximate surface area is 415 Å². The quantitative estimate of drug-likeness (QED) is 0.112. The number of aliphatic imine (C=N–C) groups is 3. The highest BCUT2D eigenvalue weighted by Gasteiger charge is 2.22. The molecule has 0 aliphatic heterocycles. The summed E-state index contributed by atoms with van der Waals surface area (Å²) < 4.78 is 4.60. The largest absolute Gasteiger partial charge is 0.309 e. The lowest BCUT2D eigenvalue weighted by Gasteiger charge is -2.17. The zero-order valence-corrected chi connectivity index (χ0v) is 38.7. The molecule has 0 saturated carbocycles. The summed E-state index contributed by atoms with van der Waals surface area (Å²) in [7, 11) is 0. The number of para-hydroxylation sites is 2. The molecule has 3 aromatic heterocycles. The molecule has 72 heavy (non-hydrogen) atoms. The van der Waals surface area contributed by atoms with Crippen molar-refractivity contribution in [1.29, 1.82) is 10.5 Å². The molecule has 8 heteroatoms. The summed E-state index contributed by atoms with van der Waals surface area (Å²) in [5, 5.41) is 24.4. The third-order valence-electron chi connectivity index (χ3n) is 13.3. The first kappa shape index (κ1) is 43.0. The molecule has 0 atom stereocenters. The van der Waals surface area contributed by atoms with E-state index in [1.165, 1.54) is 0 Å². The normalized spacial score (nSPS) is 11.8. The van der Waals surface area contributed by atoms with Gasteiger partial charge in [-0.05, 0) is 102 Å². The molecular formula is C64H40N8. The topological polar surface area (TPSA) is 107 Å².